The third kappa shape index (κ3) is 12.0. The number of nitrogens with one attached hydrogen (secondary N) is 1. The van der Waals surface area contributed by atoms with Crippen molar-refractivity contribution in [3.05, 3.63) is 269 Å². The van der Waals surface area contributed by atoms with Crippen LogP contribution in [0.1, 0.15) is 22.3 Å². The molecular weight excluding hydrogens is 877 g/mol. The van der Waals surface area contributed by atoms with E-state index in [0.717, 1.165) is 27.0 Å². The summed E-state index contributed by atoms with van der Waals surface area (Å²) in [7, 11) is 0. The predicted octanol–water partition coefficient (Wildman–Crippen LogP) is 18.4. The van der Waals surface area contributed by atoms with Gasteiger partial charge in [-0.1, -0.05) is 210 Å². The van der Waals surface area contributed by atoms with Crippen molar-refractivity contribution < 1.29 is 0 Å². The summed E-state index contributed by atoms with van der Waals surface area (Å²) in [6, 6.07) is 85.1. The lowest BCUT2D eigenvalue weighted by molar-refractivity contribution is 1.36. The van der Waals surface area contributed by atoms with E-state index in [1.165, 1.54) is 83.6 Å². The Kier molecular flexibility index (Phi) is 15.0. The first-order valence-electron chi connectivity index (χ1n) is 22.7. The molecule has 3 heteroatoms. The molecular formula is C64H55BrN2. The molecule has 0 spiro atoms. The molecule has 67 heavy (non-hydrogen) atoms. The highest BCUT2D eigenvalue weighted by Crippen LogP contribution is 2.33. The quantitative estimate of drug-likeness (QED) is 0.149. The van der Waals surface area contributed by atoms with Crippen LogP contribution < -0.4 is 11.1 Å². The number of hydrogen-bond acceptors (Lipinski definition) is 2. The summed E-state index contributed by atoms with van der Waals surface area (Å²) in [6.45, 7) is 8.47. The van der Waals surface area contributed by atoms with Crippen LogP contribution in [0.5, 0.6) is 0 Å². The minimum absolute atomic E-state index is 0.889. The third-order valence-corrected chi connectivity index (χ3v) is 12.5. The first-order chi connectivity index (χ1) is 32.7. The Morgan fingerprint density at radius 2 is 0.522 bits per heavy atom. The zero-order chi connectivity index (χ0) is 46.5. The number of benzene rings is 10. The zero-order valence-corrected chi connectivity index (χ0v) is 40.1. The molecule has 0 saturated heterocycles. The average molecular weight is 932 g/mol. The Bertz CT molecular complexity index is 3080. The van der Waals surface area contributed by atoms with Gasteiger partial charge in [0.05, 0.1) is 0 Å². The van der Waals surface area contributed by atoms with E-state index < -0.39 is 0 Å². The van der Waals surface area contributed by atoms with E-state index in [0.29, 0.717) is 0 Å². The van der Waals surface area contributed by atoms with Crippen LogP contribution in [0.3, 0.4) is 0 Å². The number of halogens is 1. The molecule has 328 valence electrons. The lowest BCUT2D eigenvalue weighted by Crippen LogP contribution is -1.97. The zero-order valence-electron chi connectivity index (χ0n) is 38.5. The van der Waals surface area contributed by atoms with Crippen molar-refractivity contribution in [1.82, 2.24) is 0 Å². The van der Waals surface area contributed by atoms with Crippen molar-refractivity contribution in [3.8, 4) is 66.8 Å². The highest BCUT2D eigenvalue weighted by molar-refractivity contribution is 9.10. The maximum Gasteiger partial charge on any atom is 0.0444 e. The Labute approximate surface area is 405 Å². The second-order valence-corrected chi connectivity index (χ2v) is 17.8. The molecule has 0 unspecified atom stereocenters. The fourth-order valence-electron chi connectivity index (χ4n) is 8.23. The Morgan fingerprint density at radius 1 is 0.284 bits per heavy atom. The maximum atomic E-state index is 6.03. The third-order valence-electron chi connectivity index (χ3n) is 12.0. The number of hydrogen-bond donors (Lipinski definition) is 2. The second-order valence-electron chi connectivity index (χ2n) is 16.8. The molecule has 0 radical (unpaired) electrons. The van der Waals surface area contributed by atoms with Crippen molar-refractivity contribution >= 4 is 33.0 Å². The molecule has 0 aliphatic carbocycles. The standard InChI is InChI=1S/C32H27N.C20H19N.C12H9Br/c1-23-21-30(29-15-13-27(14-16-29)25-9-5-3-6-10-25)22-24(2)32(23)33-31-19-17-28(18-20-31)26-11-7-4-8-12-26;1-14-12-19(13-15(2)20(14)21)18-10-8-17(9-11-18)16-6-4-3-5-7-16;13-12-8-6-11(7-9-12)10-4-2-1-3-5-10/h3-22,33H,1-2H3;3-13H,21H2,1-2H3;1-9H. The van der Waals surface area contributed by atoms with Crippen molar-refractivity contribution in [2.24, 2.45) is 0 Å². The predicted molar refractivity (Wildman–Crippen MR) is 293 cm³/mol. The molecule has 0 aliphatic rings. The van der Waals surface area contributed by atoms with Crippen LogP contribution in [0, 0.1) is 27.7 Å². The molecule has 3 N–H and O–H groups in total. The summed E-state index contributed by atoms with van der Waals surface area (Å²) in [4.78, 5) is 0. The number of nitrogen functional groups attached to an aromatic ring is 1. The molecule has 0 aliphatic heterocycles. The van der Waals surface area contributed by atoms with Gasteiger partial charge in [-0.05, 0) is 165 Å². The molecule has 0 aromatic heterocycles. The van der Waals surface area contributed by atoms with Crippen LogP contribution in [0.4, 0.5) is 17.1 Å². The van der Waals surface area contributed by atoms with E-state index in [1.54, 1.807) is 0 Å². The lowest BCUT2D eigenvalue weighted by Gasteiger charge is -2.16. The smallest absolute Gasteiger partial charge is 0.0444 e. The normalized spacial score (nSPS) is 10.5. The molecule has 10 aromatic rings. The van der Waals surface area contributed by atoms with Gasteiger partial charge in [0.25, 0.3) is 0 Å². The monoisotopic (exact) mass is 930 g/mol. The van der Waals surface area contributed by atoms with Crippen LogP contribution >= 0.6 is 15.9 Å². The number of aryl methyl sites for hydroxylation is 4. The molecule has 0 saturated carbocycles. The summed E-state index contributed by atoms with van der Waals surface area (Å²) in [5.41, 5.74) is 28.8. The highest BCUT2D eigenvalue weighted by atomic mass is 79.9. The van der Waals surface area contributed by atoms with Gasteiger partial charge in [-0.25, -0.2) is 0 Å². The van der Waals surface area contributed by atoms with Gasteiger partial charge in [0, 0.05) is 21.5 Å². The van der Waals surface area contributed by atoms with Gasteiger partial charge in [0.2, 0.25) is 0 Å². The van der Waals surface area contributed by atoms with Gasteiger partial charge < -0.3 is 11.1 Å². The molecule has 0 heterocycles. The molecule has 10 aromatic carbocycles. The first kappa shape index (κ1) is 45.8. The van der Waals surface area contributed by atoms with Crippen molar-refractivity contribution in [1.29, 1.82) is 0 Å². The largest absolute Gasteiger partial charge is 0.398 e. The SMILES string of the molecule is Brc1ccc(-c2ccccc2)cc1.Cc1cc(-c2ccc(-c3ccccc3)cc2)cc(C)c1N.Cc1cc(-c2ccc(-c3ccccc3)cc2)cc(C)c1Nc1ccc(-c2ccccc2)cc1. The molecule has 2 nitrogen and oxygen atoms in total. The van der Waals surface area contributed by atoms with Crippen molar-refractivity contribution in [2.75, 3.05) is 11.1 Å². The second kappa shape index (κ2) is 22.0. The highest BCUT2D eigenvalue weighted by Gasteiger charge is 2.09. The number of rotatable bonds is 8. The van der Waals surface area contributed by atoms with Gasteiger partial charge in [-0.15, -0.1) is 0 Å². The summed E-state index contributed by atoms with van der Waals surface area (Å²) in [5.74, 6) is 0. The first-order valence-corrected chi connectivity index (χ1v) is 23.5. The van der Waals surface area contributed by atoms with Gasteiger partial charge in [-0.3, -0.25) is 0 Å². The summed E-state index contributed by atoms with van der Waals surface area (Å²) >= 11 is 3.42. The van der Waals surface area contributed by atoms with Gasteiger partial charge in [0.15, 0.2) is 0 Å². The Hall–Kier alpha value is -7.72. The maximum absolute atomic E-state index is 6.03. The van der Waals surface area contributed by atoms with E-state index >= 15 is 0 Å². The minimum Gasteiger partial charge on any atom is -0.398 e. The van der Waals surface area contributed by atoms with Crippen LogP contribution in [0.2, 0.25) is 0 Å². The van der Waals surface area contributed by atoms with Crippen LogP contribution in [0.15, 0.2) is 247 Å². The molecule has 10 rings (SSSR count). The van der Waals surface area contributed by atoms with Gasteiger partial charge >= 0.3 is 0 Å². The van der Waals surface area contributed by atoms with Crippen LogP contribution in [-0.2, 0) is 0 Å². The number of nitrogens with two attached hydrogens (primary N) is 1. The van der Waals surface area contributed by atoms with Gasteiger partial charge in [-0.2, -0.15) is 0 Å². The van der Waals surface area contributed by atoms with E-state index in [2.05, 4.69) is 273 Å². The molecule has 0 bridgehead atoms. The molecule has 0 fully saturated rings. The summed E-state index contributed by atoms with van der Waals surface area (Å²) < 4.78 is 1.12. The summed E-state index contributed by atoms with van der Waals surface area (Å²) in [6.07, 6.45) is 0. The summed E-state index contributed by atoms with van der Waals surface area (Å²) in [5, 5.41) is 3.63. The number of anilines is 3. The minimum atomic E-state index is 0.889. The van der Waals surface area contributed by atoms with E-state index in [4.69, 9.17) is 5.73 Å². The topological polar surface area (TPSA) is 38.0 Å². The van der Waals surface area contributed by atoms with E-state index in [-0.39, 0.29) is 0 Å². The Morgan fingerprint density at radius 3 is 0.836 bits per heavy atom. The fourth-order valence-corrected chi connectivity index (χ4v) is 8.50. The fraction of sp³-hybridized carbons (Fsp3) is 0.0625. The van der Waals surface area contributed by atoms with E-state index in [9.17, 15) is 0 Å². The van der Waals surface area contributed by atoms with Crippen molar-refractivity contribution in [3.63, 3.8) is 0 Å². The van der Waals surface area contributed by atoms with Gasteiger partial charge in [0.1, 0.15) is 0 Å². The molecule has 0 amide bonds. The van der Waals surface area contributed by atoms with Crippen LogP contribution in [0.25, 0.3) is 66.8 Å². The molecule has 0 atom stereocenters. The Balaban J connectivity index is 0.000000152. The average Bonchev–Trinajstić information content (AvgIpc) is 3.38. The van der Waals surface area contributed by atoms with Crippen molar-refractivity contribution in [2.45, 2.75) is 27.7 Å². The van der Waals surface area contributed by atoms with Crippen LogP contribution in [-0.4, -0.2) is 0 Å². The van der Waals surface area contributed by atoms with E-state index in [1.807, 2.05) is 18.2 Å². The lowest BCUT2D eigenvalue weighted by atomic mass is 9.96.